The molecule has 1 rings (SSSR count). The summed E-state index contributed by atoms with van der Waals surface area (Å²) in [6, 6.07) is 7.26. The first-order valence-electron chi connectivity index (χ1n) is 4.20. The van der Waals surface area contributed by atoms with Crippen molar-refractivity contribution >= 4 is 15.9 Å². The number of nitrogens with zero attached hydrogens (tertiary/aromatic N) is 4. The molecule has 0 saturated heterocycles. The third-order valence-corrected chi connectivity index (χ3v) is 3.25. The van der Waals surface area contributed by atoms with Crippen molar-refractivity contribution in [3.8, 4) is 24.3 Å². The minimum Gasteiger partial charge on any atom is -0.196 e. The molecule has 0 aromatic rings. The van der Waals surface area contributed by atoms with Crippen molar-refractivity contribution in [2.24, 2.45) is 16.7 Å². The Morgan fingerprint density at radius 1 is 0.933 bits per heavy atom. The van der Waals surface area contributed by atoms with Gasteiger partial charge in [0, 0.05) is 10.2 Å². The van der Waals surface area contributed by atoms with E-state index in [1.54, 1.807) is 13.8 Å². The number of hydrogen-bond acceptors (Lipinski definition) is 4. The lowest BCUT2D eigenvalue weighted by Crippen LogP contribution is -2.18. The zero-order valence-corrected chi connectivity index (χ0v) is 9.83. The third-order valence-electron chi connectivity index (χ3n) is 2.80. The van der Waals surface area contributed by atoms with Crippen molar-refractivity contribution in [1.29, 1.82) is 21.0 Å². The van der Waals surface area contributed by atoms with Gasteiger partial charge in [-0.05, 0) is 13.8 Å². The van der Waals surface area contributed by atoms with Crippen LogP contribution in [0, 0.1) is 62.1 Å². The number of hydrogen-bond donors (Lipinski definition) is 0. The molecule has 1 saturated carbocycles. The van der Waals surface area contributed by atoms with Crippen LogP contribution in [0.3, 0.4) is 0 Å². The summed E-state index contributed by atoms with van der Waals surface area (Å²) in [5.74, 6) is -0.595. The molecule has 74 valence electrons. The van der Waals surface area contributed by atoms with Gasteiger partial charge in [-0.15, -0.1) is 0 Å². The van der Waals surface area contributed by atoms with Gasteiger partial charge >= 0.3 is 0 Å². The summed E-state index contributed by atoms with van der Waals surface area (Å²) in [4.78, 5) is 0. The lowest BCUT2D eigenvalue weighted by atomic mass is 9.98. The van der Waals surface area contributed by atoms with E-state index in [4.69, 9.17) is 21.0 Å². The Bertz CT molecular complexity index is 394. The van der Waals surface area contributed by atoms with Crippen molar-refractivity contribution in [1.82, 2.24) is 0 Å². The topological polar surface area (TPSA) is 95.2 Å². The second-order valence-corrected chi connectivity index (χ2v) is 6.10. The number of nitriles is 4. The number of halogens is 1. The summed E-state index contributed by atoms with van der Waals surface area (Å²) in [6.07, 6.45) is 0. The van der Waals surface area contributed by atoms with Crippen molar-refractivity contribution in [3.63, 3.8) is 0 Å². The summed E-state index contributed by atoms with van der Waals surface area (Å²) < 4.78 is -0.593. The number of rotatable bonds is 1. The van der Waals surface area contributed by atoms with Crippen molar-refractivity contribution < 1.29 is 0 Å². The molecule has 0 spiro atoms. The Morgan fingerprint density at radius 2 is 1.20 bits per heavy atom. The first-order chi connectivity index (χ1) is 6.86. The lowest BCUT2D eigenvalue weighted by molar-refractivity contribution is 0.558. The average Bonchev–Trinajstić information content (AvgIpc) is 2.81. The van der Waals surface area contributed by atoms with Crippen LogP contribution in [0.4, 0.5) is 0 Å². The van der Waals surface area contributed by atoms with Crippen LogP contribution in [-0.2, 0) is 0 Å². The molecular weight excluding hydrogens is 256 g/mol. The van der Waals surface area contributed by atoms with E-state index in [2.05, 4.69) is 15.9 Å². The predicted octanol–water partition coefficient (Wildman–Crippen LogP) is 1.86. The highest BCUT2D eigenvalue weighted by molar-refractivity contribution is 9.10. The molecule has 0 aliphatic heterocycles. The maximum absolute atomic E-state index is 8.99. The van der Waals surface area contributed by atoms with Gasteiger partial charge in [-0.25, -0.2) is 0 Å². The van der Waals surface area contributed by atoms with E-state index < -0.39 is 21.1 Å². The molecule has 0 heterocycles. The zero-order chi connectivity index (χ0) is 11.9. The summed E-state index contributed by atoms with van der Waals surface area (Å²) in [7, 11) is 0. The first kappa shape index (κ1) is 11.5. The molecule has 1 fully saturated rings. The van der Waals surface area contributed by atoms with Crippen molar-refractivity contribution in [2.75, 3.05) is 0 Å². The molecule has 1 aliphatic carbocycles. The Morgan fingerprint density at radius 3 is 1.27 bits per heavy atom. The quantitative estimate of drug-likeness (QED) is 0.674. The molecular formula is C10H7BrN4. The van der Waals surface area contributed by atoms with Gasteiger partial charge in [0.1, 0.15) is 0 Å². The molecule has 0 aromatic carbocycles. The zero-order valence-electron chi connectivity index (χ0n) is 8.24. The summed E-state index contributed by atoms with van der Waals surface area (Å²) in [6.45, 7) is 3.50. The maximum atomic E-state index is 8.99. The highest BCUT2D eigenvalue weighted by Crippen LogP contribution is 2.73. The standard InChI is InChI=1S/C10H7BrN4/c1-8(2,11)7-9(3-12,4-13)10(7,5-14)6-15/h7H,1-2H3. The summed E-state index contributed by atoms with van der Waals surface area (Å²) in [5.41, 5.74) is -3.02. The van der Waals surface area contributed by atoms with Gasteiger partial charge < -0.3 is 0 Å². The van der Waals surface area contributed by atoms with Crippen LogP contribution in [0.1, 0.15) is 13.8 Å². The van der Waals surface area contributed by atoms with Crippen molar-refractivity contribution in [3.05, 3.63) is 0 Å². The fourth-order valence-electron chi connectivity index (χ4n) is 2.17. The van der Waals surface area contributed by atoms with Crippen LogP contribution >= 0.6 is 15.9 Å². The Kier molecular flexibility index (Phi) is 2.27. The van der Waals surface area contributed by atoms with Gasteiger partial charge in [0.25, 0.3) is 0 Å². The molecule has 0 aromatic heterocycles. The second-order valence-electron chi connectivity index (χ2n) is 4.06. The predicted molar refractivity (Wildman–Crippen MR) is 53.8 cm³/mol. The van der Waals surface area contributed by atoms with Gasteiger partial charge in [-0.1, -0.05) is 15.9 Å². The third kappa shape index (κ3) is 1.08. The smallest absolute Gasteiger partial charge is 0.182 e. The van der Waals surface area contributed by atoms with Gasteiger partial charge in [-0.3, -0.25) is 0 Å². The summed E-state index contributed by atoms with van der Waals surface area (Å²) in [5, 5.41) is 36.0. The maximum Gasteiger partial charge on any atom is 0.182 e. The lowest BCUT2D eigenvalue weighted by Gasteiger charge is -2.15. The van der Waals surface area contributed by atoms with E-state index in [0.717, 1.165) is 0 Å². The monoisotopic (exact) mass is 262 g/mol. The van der Waals surface area contributed by atoms with Crippen LogP contribution in [-0.4, -0.2) is 4.32 Å². The van der Waals surface area contributed by atoms with Gasteiger partial charge in [0.05, 0.1) is 24.3 Å². The molecule has 0 unspecified atom stereocenters. The van der Waals surface area contributed by atoms with E-state index in [1.807, 2.05) is 24.3 Å². The highest BCUT2D eigenvalue weighted by atomic mass is 79.9. The van der Waals surface area contributed by atoms with Crippen molar-refractivity contribution in [2.45, 2.75) is 18.2 Å². The van der Waals surface area contributed by atoms with Crippen LogP contribution in [0.2, 0.25) is 0 Å². The van der Waals surface area contributed by atoms with Gasteiger partial charge in [0.15, 0.2) is 10.8 Å². The van der Waals surface area contributed by atoms with Crippen LogP contribution in [0.25, 0.3) is 0 Å². The molecule has 15 heavy (non-hydrogen) atoms. The molecule has 4 nitrogen and oxygen atoms in total. The average molecular weight is 263 g/mol. The van der Waals surface area contributed by atoms with Gasteiger partial charge in [-0.2, -0.15) is 21.0 Å². The molecule has 0 amide bonds. The summed E-state index contributed by atoms with van der Waals surface area (Å²) >= 11 is 3.32. The normalized spacial score (nSPS) is 21.5. The minimum absolute atomic E-state index is 0.593. The second kappa shape index (κ2) is 2.96. The molecule has 0 atom stereocenters. The fourth-order valence-corrected chi connectivity index (χ4v) is 2.85. The van der Waals surface area contributed by atoms with E-state index in [1.165, 1.54) is 0 Å². The molecule has 5 heteroatoms. The van der Waals surface area contributed by atoms with E-state index in [0.29, 0.717) is 0 Å². The van der Waals surface area contributed by atoms with E-state index >= 15 is 0 Å². The van der Waals surface area contributed by atoms with Crippen LogP contribution in [0.5, 0.6) is 0 Å². The van der Waals surface area contributed by atoms with E-state index in [9.17, 15) is 0 Å². The Labute approximate surface area is 96.5 Å². The fraction of sp³-hybridized carbons (Fsp3) is 0.600. The number of alkyl halides is 1. The van der Waals surface area contributed by atoms with Gasteiger partial charge in [0.2, 0.25) is 0 Å². The molecule has 0 radical (unpaired) electrons. The van der Waals surface area contributed by atoms with Crippen LogP contribution < -0.4 is 0 Å². The largest absolute Gasteiger partial charge is 0.196 e. The highest BCUT2D eigenvalue weighted by Gasteiger charge is 2.84. The SMILES string of the molecule is CC(C)(Br)C1C(C#N)(C#N)C1(C#N)C#N. The molecule has 0 bridgehead atoms. The molecule has 0 N–H and O–H groups in total. The van der Waals surface area contributed by atoms with Crippen LogP contribution in [0.15, 0.2) is 0 Å². The van der Waals surface area contributed by atoms with E-state index in [-0.39, 0.29) is 0 Å². The Balaban J connectivity index is 3.40. The molecule has 1 aliphatic rings. The first-order valence-corrected chi connectivity index (χ1v) is 4.99. The minimum atomic E-state index is -1.51. The Hall–Kier alpha value is -1.56.